The summed E-state index contributed by atoms with van der Waals surface area (Å²) in [4.78, 5) is 0. The van der Waals surface area contributed by atoms with Crippen LogP contribution < -0.4 is 0 Å². The summed E-state index contributed by atoms with van der Waals surface area (Å²) in [5, 5.41) is 0. The second-order valence-corrected chi connectivity index (χ2v) is 4.42. The predicted molar refractivity (Wildman–Crippen MR) is 68.8 cm³/mol. The molecular weight excluding hydrogens is 168 g/mol. The van der Waals surface area contributed by atoms with Gasteiger partial charge in [-0.25, -0.2) is 0 Å². The highest BCUT2D eigenvalue weighted by Gasteiger charge is 1.95. The first kappa shape index (κ1) is 16.4. The van der Waals surface area contributed by atoms with Gasteiger partial charge in [0.25, 0.3) is 0 Å². The van der Waals surface area contributed by atoms with Crippen molar-refractivity contribution in [2.24, 2.45) is 5.92 Å². The van der Waals surface area contributed by atoms with E-state index < -0.39 is 0 Å². The Bertz CT molecular complexity index is 70.5. The minimum atomic E-state index is 0. The first-order valence-electron chi connectivity index (χ1n) is 6.31. The van der Waals surface area contributed by atoms with Gasteiger partial charge in [-0.15, -0.1) is 0 Å². The van der Waals surface area contributed by atoms with Crippen LogP contribution in [0.2, 0.25) is 0 Å². The minimum Gasteiger partial charge on any atom is -0.0776 e. The molecule has 1 unspecified atom stereocenters. The molecule has 0 amide bonds. The van der Waals surface area contributed by atoms with Crippen molar-refractivity contribution >= 4 is 0 Å². The third-order valence-electron chi connectivity index (χ3n) is 2.98. The fourth-order valence-corrected chi connectivity index (χ4v) is 1.76. The Balaban J connectivity index is 0. The monoisotopic (exact) mass is 200 g/mol. The van der Waals surface area contributed by atoms with Crippen LogP contribution in [-0.4, -0.2) is 0 Å². The van der Waals surface area contributed by atoms with Crippen molar-refractivity contribution in [1.29, 1.82) is 0 Å². The van der Waals surface area contributed by atoms with Gasteiger partial charge in [-0.1, -0.05) is 86.0 Å². The summed E-state index contributed by atoms with van der Waals surface area (Å²) in [6.07, 6.45) is 13.1. The van der Waals surface area contributed by atoms with Crippen molar-refractivity contribution in [2.45, 2.75) is 86.0 Å². The third kappa shape index (κ3) is 12.0. The van der Waals surface area contributed by atoms with Gasteiger partial charge in [0, 0.05) is 0 Å². The highest BCUT2D eigenvalue weighted by Crippen LogP contribution is 2.15. The largest absolute Gasteiger partial charge is 0.0776 e. The van der Waals surface area contributed by atoms with Crippen molar-refractivity contribution in [3.05, 3.63) is 0 Å². The Hall–Kier alpha value is 0. The molecule has 1 aliphatic rings. The lowest BCUT2D eigenvalue weighted by molar-refractivity contribution is 0.504. The van der Waals surface area contributed by atoms with Crippen LogP contribution in [0.5, 0.6) is 0 Å². The molecule has 0 heteroatoms. The van der Waals surface area contributed by atoms with E-state index in [0.717, 1.165) is 5.92 Å². The molecule has 0 aromatic heterocycles. The fraction of sp³-hybridized carbons (Fsp3) is 1.00. The van der Waals surface area contributed by atoms with Gasteiger partial charge < -0.3 is 0 Å². The zero-order valence-electron chi connectivity index (χ0n) is 9.94. The molecule has 0 nitrogen and oxygen atoms in total. The SMILES string of the molecule is C.C1CCCCC1.CCCC(C)CC. The Labute approximate surface area is 92.5 Å². The average molecular weight is 200 g/mol. The van der Waals surface area contributed by atoms with E-state index in [0.29, 0.717) is 0 Å². The smallest absolute Gasteiger partial charge is 0.0446 e. The van der Waals surface area contributed by atoms with E-state index in [1.54, 1.807) is 0 Å². The molecule has 1 aliphatic carbocycles. The molecule has 0 heterocycles. The van der Waals surface area contributed by atoms with Crippen molar-refractivity contribution in [3.8, 4) is 0 Å². The Morgan fingerprint density at radius 1 is 0.857 bits per heavy atom. The van der Waals surface area contributed by atoms with E-state index in [4.69, 9.17) is 0 Å². The summed E-state index contributed by atoms with van der Waals surface area (Å²) in [7, 11) is 0. The molecule has 0 saturated heterocycles. The molecule has 1 fully saturated rings. The molecule has 14 heavy (non-hydrogen) atoms. The minimum absolute atomic E-state index is 0. The zero-order chi connectivity index (χ0) is 9.94. The Morgan fingerprint density at radius 2 is 1.21 bits per heavy atom. The fourth-order valence-electron chi connectivity index (χ4n) is 1.76. The van der Waals surface area contributed by atoms with Gasteiger partial charge in [-0.2, -0.15) is 0 Å². The molecule has 0 aliphatic heterocycles. The standard InChI is InChI=1S/C7H16.C6H12.CH4/c1-4-6-7(3)5-2;1-2-4-6-5-3-1;/h7H,4-6H2,1-3H3;1-6H2;1H4. The number of hydrogen-bond acceptors (Lipinski definition) is 0. The number of hydrogen-bond donors (Lipinski definition) is 0. The molecule has 1 atom stereocenters. The maximum absolute atomic E-state index is 2.31. The number of rotatable bonds is 3. The maximum atomic E-state index is 2.31. The van der Waals surface area contributed by atoms with Crippen LogP contribution in [0.15, 0.2) is 0 Å². The molecule has 1 rings (SSSR count). The average Bonchev–Trinajstić information content (AvgIpc) is 2.22. The van der Waals surface area contributed by atoms with E-state index in [1.165, 1.54) is 57.8 Å². The van der Waals surface area contributed by atoms with Crippen LogP contribution in [-0.2, 0) is 0 Å². The molecule has 1 saturated carbocycles. The summed E-state index contributed by atoms with van der Waals surface area (Å²) in [6, 6.07) is 0. The van der Waals surface area contributed by atoms with Gasteiger partial charge in [-0.05, 0) is 5.92 Å². The second-order valence-electron chi connectivity index (χ2n) is 4.42. The molecule has 0 aromatic rings. The Morgan fingerprint density at radius 3 is 1.36 bits per heavy atom. The highest BCUT2D eigenvalue weighted by atomic mass is 14.0. The summed E-state index contributed by atoms with van der Waals surface area (Å²) in [5.74, 6) is 0.949. The van der Waals surface area contributed by atoms with E-state index in [-0.39, 0.29) is 7.43 Å². The molecule has 0 N–H and O–H groups in total. The van der Waals surface area contributed by atoms with Crippen molar-refractivity contribution < 1.29 is 0 Å². The van der Waals surface area contributed by atoms with Gasteiger partial charge in [-0.3, -0.25) is 0 Å². The van der Waals surface area contributed by atoms with E-state index in [9.17, 15) is 0 Å². The van der Waals surface area contributed by atoms with Gasteiger partial charge in [0.15, 0.2) is 0 Å². The summed E-state index contributed by atoms with van der Waals surface area (Å²) >= 11 is 0. The van der Waals surface area contributed by atoms with Gasteiger partial charge in [0.1, 0.15) is 0 Å². The molecule has 88 valence electrons. The lowest BCUT2D eigenvalue weighted by Crippen LogP contribution is -1.88. The topological polar surface area (TPSA) is 0 Å². The first-order chi connectivity index (χ1) is 6.31. The molecule has 0 aromatic carbocycles. The van der Waals surface area contributed by atoms with E-state index >= 15 is 0 Å². The highest BCUT2D eigenvalue weighted by molar-refractivity contribution is 4.51. The predicted octanol–water partition coefficient (Wildman–Crippen LogP) is 5.81. The van der Waals surface area contributed by atoms with Crippen LogP contribution in [0.25, 0.3) is 0 Å². The van der Waals surface area contributed by atoms with E-state index in [2.05, 4.69) is 20.8 Å². The van der Waals surface area contributed by atoms with Crippen LogP contribution in [0.3, 0.4) is 0 Å². The summed E-state index contributed by atoms with van der Waals surface area (Å²) in [5.41, 5.74) is 0. The maximum Gasteiger partial charge on any atom is -0.0446 e. The molecule has 0 spiro atoms. The Kier molecular flexibility index (Phi) is 15.3. The van der Waals surface area contributed by atoms with Crippen LogP contribution >= 0.6 is 0 Å². The van der Waals surface area contributed by atoms with Gasteiger partial charge in [0.05, 0.1) is 0 Å². The molecule has 0 radical (unpaired) electrons. The van der Waals surface area contributed by atoms with Crippen molar-refractivity contribution in [1.82, 2.24) is 0 Å². The van der Waals surface area contributed by atoms with Crippen LogP contribution in [0.4, 0.5) is 0 Å². The summed E-state index contributed by atoms with van der Waals surface area (Å²) < 4.78 is 0. The quantitative estimate of drug-likeness (QED) is 0.539. The van der Waals surface area contributed by atoms with Crippen LogP contribution in [0.1, 0.15) is 86.0 Å². The summed E-state index contributed by atoms with van der Waals surface area (Å²) in [6.45, 7) is 6.80. The van der Waals surface area contributed by atoms with E-state index in [1.807, 2.05) is 0 Å². The zero-order valence-corrected chi connectivity index (χ0v) is 9.94. The van der Waals surface area contributed by atoms with Crippen LogP contribution in [0, 0.1) is 5.92 Å². The third-order valence-corrected chi connectivity index (χ3v) is 2.98. The van der Waals surface area contributed by atoms with Gasteiger partial charge >= 0.3 is 0 Å². The lowest BCUT2D eigenvalue weighted by atomic mass is 10.0. The second kappa shape index (κ2) is 13.0. The molecular formula is C14H32. The van der Waals surface area contributed by atoms with Crippen molar-refractivity contribution in [3.63, 3.8) is 0 Å². The lowest BCUT2D eigenvalue weighted by Gasteiger charge is -2.05. The van der Waals surface area contributed by atoms with Crippen molar-refractivity contribution in [2.75, 3.05) is 0 Å². The van der Waals surface area contributed by atoms with Gasteiger partial charge in [0.2, 0.25) is 0 Å². The molecule has 0 bridgehead atoms. The normalized spacial score (nSPS) is 17.4. The first-order valence-corrected chi connectivity index (χ1v) is 6.31.